The van der Waals surface area contributed by atoms with E-state index in [1.807, 2.05) is 58.0 Å². The van der Waals surface area contributed by atoms with Gasteiger partial charge in [0.2, 0.25) is 0 Å². The molecule has 0 bridgehead atoms. The van der Waals surface area contributed by atoms with Crippen LogP contribution in [0.25, 0.3) is 5.69 Å². The van der Waals surface area contributed by atoms with Gasteiger partial charge in [-0.3, -0.25) is 5.32 Å². The molecule has 0 spiro atoms. The van der Waals surface area contributed by atoms with Crippen LogP contribution < -0.4 is 10.6 Å². The van der Waals surface area contributed by atoms with Gasteiger partial charge in [0.25, 0.3) is 0 Å². The summed E-state index contributed by atoms with van der Waals surface area (Å²) >= 11 is 0. The lowest BCUT2D eigenvalue weighted by Crippen LogP contribution is -2.29. The number of para-hydroxylation sites is 1. The van der Waals surface area contributed by atoms with E-state index in [0.29, 0.717) is 11.4 Å². The highest BCUT2D eigenvalue weighted by Gasteiger charge is 2.31. The van der Waals surface area contributed by atoms with Gasteiger partial charge in [-0.05, 0) is 100 Å². The Hall–Kier alpha value is -3.95. The topological polar surface area (TPSA) is 120 Å². The summed E-state index contributed by atoms with van der Waals surface area (Å²) in [5.74, 6) is -0.298. The molecule has 0 saturated heterocycles. The second-order valence-corrected chi connectivity index (χ2v) is 9.63. The normalized spacial score (nSPS) is 12.1. The number of amides is 1. The fourth-order valence-corrected chi connectivity index (χ4v) is 3.74. The summed E-state index contributed by atoms with van der Waals surface area (Å²) in [7, 11) is 0. The smallest absolute Gasteiger partial charge is 0.412 e. The average Bonchev–Trinajstić information content (AvgIpc) is 3.22. The van der Waals surface area contributed by atoms with E-state index in [9.17, 15) is 9.59 Å². The van der Waals surface area contributed by atoms with Crippen molar-refractivity contribution in [1.29, 1.82) is 0 Å². The first kappa shape index (κ1) is 26.7. The highest BCUT2D eigenvalue weighted by atomic mass is 16.6. The molecule has 1 atom stereocenters. The zero-order valence-corrected chi connectivity index (χ0v) is 22.1. The van der Waals surface area contributed by atoms with Crippen molar-refractivity contribution in [2.45, 2.75) is 67.0 Å². The molecule has 3 rings (SSSR count). The summed E-state index contributed by atoms with van der Waals surface area (Å²) in [5, 5.41) is 18.2. The summed E-state index contributed by atoms with van der Waals surface area (Å²) < 4.78 is 12.3. The van der Waals surface area contributed by atoms with Crippen LogP contribution in [-0.2, 0) is 14.3 Å². The van der Waals surface area contributed by atoms with Crippen LogP contribution in [0, 0.1) is 27.7 Å². The number of aromatic nitrogens is 4. The van der Waals surface area contributed by atoms with Crippen LogP contribution in [0.15, 0.2) is 30.3 Å². The van der Waals surface area contributed by atoms with E-state index >= 15 is 0 Å². The molecule has 10 nitrogen and oxygen atoms in total. The predicted octanol–water partition coefficient (Wildman–Crippen LogP) is 4.96. The van der Waals surface area contributed by atoms with E-state index in [2.05, 4.69) is 26.2 Å². The Balaban J connectivity index is 2.07. The Morgan fingerprint density at radius 2 is 1.61 bits per heavy atom. The molecule has 192 valence electrons. The molecule has 2 N–H and O–H groups in total. The molecular weight excluding hydrogens is 460 g/mol. The van der Waals surface area contributed by atoms with Gasteiger partial charge < -0.3 is 14.8 Å². The summed E-state index contributed by atoms with van der Waals surface area (Å²) in [6.07, 6.45) is -0.609. The van der Waals surface area contributed by atoms with Crippen molar-refractivity contribution < 1.29 is 19.1 Å². The van der Waals surface area contributed by atoms with Crippen molar-refractivity contribution in [3.05, 3.63) is 58.4 Å². The number of esters is 1. The molecule has 1 amide bonds. The number of nitrogens with zero attached hydrogens (tertiary/aromatic N) is 4. The lowest BCUT2D eigenvalue weighted by molar-refractivity contribution is -0.144. The van der Waals surface area contributed by atoms with Crippen molar-refractivity contribution in [3.8, 4) is 5.69 Å². The molecule has 1 heterocycles. The zero-order chi connectivity index (χ0) is 26.6. The van der Waals surface area contributed by atoms with Crippen molar-refractivity contribution in [3.63, 3.8) is 0 Å². The van der Waals surface area contributed by atoms with Gasteiger partial charge in [0.1, 0.15) is 5.60 Å². The summed E-state index contributed by atoms with van der Waals surface area (Å²) in [5.41, 5.74) is 4.88. The second kappa shape index (κ2) is 10.8. The lowest BCUT2D eigenvalue weighted by atomic mass is 10.1. The number of hydrogen-bond acceptors (Lipinski definition) is 8. The maximum absolute atomic E-state index is 13.2. The predicted molar refractivity (Wildman–Crippen MR) is 137 cm³/mol. The van der Waals surface area contributed by atoms with Gasteiger partial charge in [0.05, 0.1) is 23.7 Å². The molecule has 1 unspecified atom stereocenters. The molecule has 2 aromatic carbocycles. The first-order valence-electron chi connectivity index (χ1n) is 11.8. The SMILES string of the molecule is CCOC(=O)C(Nc1cc(C)c(C)cc1NC(=O)OC(C)(C)C)c1nnnn1-c1c(C)cccc1C. The minimum absolute atomic E-state index is 0.178. The minimum Gasteiger partial charge on any atom is -0.464 e. The largest absolute Gasteiger partial charge is 0.464 e. The quantitative estimate of drug-likeness (QED) is 0.442. The standard InChI is InChI=1S/C26H34N6O4/c1-9-35-24(33)21(23-29-30-31-32(23)22-15(2)11-10-12-16(22)3)27-19-13-17(4)18(5)14-20(19)28-25(34)36-26(6,7)8/h10-14,21,27H,9H2,1-8H3,(H,28,34). The van der Waals surface area contributed by atoms with Crippen LogP contribution in [0.4, 0.5) is 16.2 Å². The number of anilines is 2. The third-order valence-electron chi connectivity index (χ3n) is 5.49. The van der Waals surface area contributed by atoms with E-state index in [1.54, 1.807) is 32.4 Å². The van der Waals surface area contributed by atoms with Crippen LogP contribution in [0.2, 0.25) is 0 Å². The Kier molecular flexibility index (Phi) is 7.96. The van der Waals surface area contributed by atoms with Gasteiger partial charge in [-0.2, -0.15) is 4.68 Å². The molecule has 0 fully saturated rings. The highest BCUT2D eigenvalue weighted by molar-refractivity contribution is 5.91. The molecule has 0 aliphatic rings. The number of ether oxygens (including phenoxy) is 2. The van der Waals surface area contributed by atoms with Gasteiger partial charge >= 0.3 is 12.1 Å². The molecule has 1 aromatic heterocycles. The van der Waals surface area contributed by atoms with Crippen LogP contribution in [-0.4, -0.2) is 44.5 Å². The molecule has 3 aromatic rings. The number of carbonyl (C=O) groups is 2. The molecule has 10 heteroatoms. The van der Waals surface area contributed by atoms with E-state index in [1.165, 1.54) is 0 Å². The molecule has 0 saturated carbocycles. The summed E-state index contributed by atoms with van der Waals surface area (Å²) in [6, 6.07) is 8.46. The molecular formula is C26H34N6O4. The Morgan fingerprint density at radius 1 is 1.00 bits per heavy atom. The van der Waals surface area contributed by atoms with E-state index in [0.717, 1.165) is 27.9 Å². The zero-order valence-electron chi connectivity index (χ0n) is 22.1. The number of hydrogen-bond donors (Lipinski definition) is 2. The number of carbonyl (C=O) groups excluding carboxylic acids is 2. The van der Waals surface area contributed by atoms with Gasteiger partial charge in [0.15, 0.2) is 11.9 Å². The van der Waals surface area contributed by atoms with E-state index in [-0.39, 0.29) is 12.4 Å². The first-order chi connectivity index (χ1) is 16.9. The average molecular weight is 495 g/mol. The lowest BCUT2D eigenvalue weighted by Gasteiger charge is -2.23. The van der Waals surface area contributed by atoms with Crippen molar-refractivity contribution in [1.82, 2.24) is 20.2 Å². The first-order valence-corrected chi connectivity index (χ1v) is 11.8. The molecule has 0 radical (unpaired) electrons. The third-order valence-corrected chi connectivity index (χ3v) is 5.49. The number of rotatable bonds is 7. The van der Waals surface area contributed by atoms with E-state index < -0.39 is 23.7 Å². The summed E-state index contributed by atoms with van der Waals surface area (Å²) in [6.45, 7) is 15.1. The van der Waals surface area contributed by atoms with Crippen molar-refractivity contribution in [2.75, 3.05) is 17.2 Å². The maximum atomic E-state index is 13.2. The Bertz CT molecular complexity index is 1240. The van der Waals surface area contributed by atoms with E-state index in [4.69, 9.17) is 9.47 Å². The van der Waals surface area contributed by atoms with Crippen LogP contribution in [0.5, 0.6) is 0 Å². The minimum atomic E-state index is -1.06. The van der Waals surface area contributed by atoms with Gasteiger partial charge in [-0.25, -0.2) is 9.59 Å². The number of benzene rings is 2. The van der Waals surface area contributed by atoms with Crippen LogP contribution in [0.3, 0.4) is 0 Å². The number of nitrogens with one attached hydrogen (secondary N) is 2. The van der Waals surface area contributed by atoms with Crippen LogP contribution in [0.1, 0.15) is 61.8 Å². The molecule has 0 aliphatic carbocycles. The Labute approximate surface area is 211 Å². The van der Waals surface area contributed by atoms with Gasteiger partial charge in [-0.1, -0.05) is 18.2 Å². The fourth-order valence-electron chi connectivity index (χ4n) is 3.74. The van der Waals surface area contributed by atoms with Crippen molar-refractivity contribution in [2.24, 2.45) is 0 Å². The highest BCUT2D eigenvalue weighted by Crippen LogP contribution is 2.31. The van der Waals surface area contributed by atoms with Gasteiger partial charge in [0, 0.05) is 0 Å². The van der Waals surface area contributed by atoms with Gasteiger partial charge in [-0.15, -0.1) is 5.10 Å². The van der Waals surface area contributed by atoms with Crippen molar-refractivity contribution >= 4 is 23.4 Å². The maximum Gasteiger partial charge on any atom is 0.412 e. The summed E-state index contributed by atoms with van der Waals surface area (Å²) in [4.78, 5) is 25.7. The molecule has 36 heavy (non-hydrogen) atoms. The Morgan fingerprint density at radius 3 is 2.19 bits per heavy atom. The monoisotopic (exact) mass is 494 g/mol. The second-order valence-electron chi connectivity index (χ2n) is 9.63. The third kappa shape index (κ3) is 6.18. The molecule has 0 aliphatic heterocycles. The fraction of sp³-hybridized carbons (Fsp3) is 0.423. The van der Waals surface area contributed by atoms with Crippen LogP contribution >= 0.6 is 0 Å². The number of aryl methyl sites for hydroxylation is 4. The number of tetrazole rings is 1.